The second-order valence-corrected chi connectivity index (χ2v) is 6.94. The lowest BCUT2D eigenvalue weighted by molar-refractivity contribution is -0.132. The molecule has 0 bridgehead atoms. The third kappa shape index (κ3) is 5.47. The third-order valence-electron chi connectivity index (χ3n) is 5.03. The molecule has 1 aliphatic heterocycles. The van der Waals surface area contributed by atoms with Crippen LogP contribution in [0.5, 0.6) is 11.5 Å². The average Bonchev–Trinajstić information content (AvgIpc) is 2.74. The maximum atomic E-state index is 12.5. The van der Waals surface area contributed by atoms with E-state index in [1.54, 1.807) is 14.2 Å². The average molecular weight is 383 g/mol. The Bertz CT molecular complexity index is 759. The van der Waals surface area contributed by atoms with Crippen molar-refractivity contribution in [1.29, 1.82) is 0 Å². The molecule has 1 saturated heterocycles. The van der Waals surface area contributed by atoms with Gasteiger partial charge in [0.2, 0.25) is 5.91 Å². The van der Waals surface area contributed by atoms with Gasteiger partial charge >= 0.3 is 0 Å². The summed E-state index contributed by atoms with van der Waals surface area (Å²) in [7, 11) is 3.24. The van der Waals surface area contributed by atoms with Gasteiger partial charge in [-0.2, -0.15) is 0 Å². The van der Waals surface area contributed by atoms with E-state index in [1.165, 1.54) is 5.56 Å². The van der Waals surface area contributed by atoms with Crippen molar-refractivity contribution in [3.8, 4) is 11.5 Å². The van der Waals surface area contributed by atoms with Gasteiger partial charge in [-0.25, -0.2) is 0 Å². The van der Waals surface area contributed by atoms with Gasteiger partial charge in [-0.1, -0.05) is 36.4 Å². The van der Waals surface area contributed by atoms with E-state index < -0.39 is 0 Å². The number of piperazine rings is 1. The quantitative estimate of drug-likeness (QED) is 0.757. The first-order valence-corrected chi connectivity index (χ1v) is 9.65. The molecule has 0 unspecified atom stereocenters. The van der Waals surface area contributed by atoms with Gasteiger partial charge in [-0.15, -0.1) is 0 Å². The maximum absolute atomic E-state index is 12.5. The van der Waals surface area contributed by atoms with Gasteiger partial charge in [0.1, 0.15) is 0 Å². The van der Waals surface area contributed by atoms with Crippen LogP contribution in [0.1, 0.15) is 11.1 Å². The van der Waals surface area contributed by atoms with E-state index in [0.717, 1.165) is 38.3 Å². The summed E-state index contributed by atoms with van der Waals surface area (Å²) < 4.78 is 10.6. The fourth-order valence-corrected chi connectivity index (χ4v) is 3.41. The van der Waals surface area contributed by atoms with Crippen LogP contribution >= 0.6 is 0 Å². The van der Waals surface area contributed by atoms with E-state index in [-0.39, 0.29) is 5.91 Å². The molecule has 0 aliphatic carbocycles. The monoisotopic (exact) mass is 383 g/mol. The minimum Gasteiger partial charge on any atom is -0.493 e. The van der Waals surface area contributed by atoms with Gasteiger partial charge in [0, 0.05) is 39.3 Å². The minimum atomic E-state index is 0.153. The second-order valence-electron chi connectivity index (χ2n) is 6.94. The number of carbonyl (C=O) groups is 1. The van der Waals surface area contributed by atoms with Crippen molar-refractivity contribution in [3.63, 3.8) is 0 Å². The van der Waals surface area contributed by atoms with Gasteiger partial charge in [0.25, 0.3) is 0 Å². The largest absolute Gasteiger partial charge is 0.493 e. The Labute approximate surface area is 167 Å². The highest BCUT2D eigenvalue weighted by atomic mass is 16.5. The highest BCUT2D eigenvalue weighted by Gasteiger charge is 2.20. The summed E-state index contributed by atoms with van der Waals surface area (Å²) in [4.78, 5) is 16.8. The number of benzene rings is 2. The predicted molar refractivity (Wildman–Crippen MR) is 110 cm³/mol. The zero-order valence-electron chi connectivity index (χ0n) is 16.7. The van der Waals surface area contributed by atoms with Crippen molar-refractivity contribution >= 4 is 5.91 Å². The highest BCUT2D eigenvalue weighted by Crippen LogP contribution is 2.27. The minimum absolute atomic E-state index is 0.153. The summed E-state index contributed by atoms with van der Waals surface area (Å²) in [5, 5.41) is 3.24. The molecule has 0 radical (unpaired) electrons. The number of amides is 1. The first-order valence-electron chi connectivity index (χ1n) is 9.65. The van der Waals surface area contributed by atoms with Gasteiger partial charge in [0.05, 0.1) is 20.8 Å². The lowest BCUT2D eigenvalue weighted by Crippen LogP contribution is -2.50. The van der Waals surface area contributed by atoms with E-state index in [1.807, 2.05) is 29.2 Å². The Morgan fingerprint density at radius 3 is 2.32 bits per heavy atom. The first kappa shape index (κ1) is 20.2. The van der Waals surface area contributed by atoms with E-state index >= 15 is 0 Å². The Balaban J connectivity index is 1.40. The molecule has 2 aromatic rings. The number of nitrogens with zero attached hydrogens (tertiary/aromatic N) is 2. The number of carbonyl (C=O) groups excluding carboxylic acids is 1. The van der Waals surface area contributed by atoms with Crippen molar-refractivity contribution in [3.05, 3.63) is 59.7 Å². The van der Waals surface area contributed by atoms with Crippen molar-refractivity contribution in [2.45, 2.75) is 13.1 Å². The van der Waals surface area contributed by atoms with Crippen molar-refractivity contribution in [2.75, 3.05) is 46.9 Å². The summed E-state index contributed by atoms with van der Waals surface area (Å²) in [6.45, 7) is 5.29. The van der Waals surface area contributed by atoms with Crippen LogP contribution in [0, 0.1) is 0 Å². The molecule has 6 nitrogen and oxygen atoms in total. The lowest BCUT2D eigenvalue weighted by Gasteiger charge is -2.34. The number of rotatable bonds is 8. The Hall–Kier alpha value is -2.57. The summed E-state index contributed by atoms with van der Waals surface area (Å²) in [5.41, 5.74) is 2.37. The summed E-state index contributed by atoms with van der Waals surface area (Å²) in [6, 6.07) is 16.3. The fraction of sp³-hybridized carbons (Fsp3) is 0.409. The Kier molecular flexibility index (Phi) is 7.28. The maximum Gasteiger partial charge on any atom is 0.236 e. The van der Waals surface area contributed by atoms with E-state index in [0.29, 0.717) is 24.6 Å². The Morgan fingerprint density at radius 2 is 1.64 bits per heavy atom. The molecule has 0 spiro atoms. The van der Waals surface area contributed by atoms with Crippen LogP contribution in [0.3, 0.4) is 0 Å². The summed E-state index contributed by atoms with van der Waals surface area (Å²) in [6.07, 6.45) is 0. The van der Waals surface area contributed by atoms with E-state index in [4.69, 9.17) is 9.47 Å². The standard InChI is InChI=1S/C22H29N3O3/c1-27-20-9-8-19(14-21(20)28-2)15-23-16-22(26)25-12-10-24(11-13-25)17-18-6-4-3-5-7-18/h3-9,14,23H,10-13,15-17H2,1-2H3. The van der Waals surface area contributed by atoms with E-state index in [2.05, 4.69) is 34.5 Å². The first-order chi connectivity index (χ1) is 13.7. The normalized spacial score (nSPS) is 14.7. The predicted octanol–water partition coefficient (Wildman–Crippen LogP) is 2.14. The number of hydrogen-bond donors (Lipinski definition) is 1. The molecule has 1 fully saturated rings. The van der Waals surface area contributed by atoms with Crippen molar-refractivity contribution < 1.29 is 14.3 Å². The topological polar surface area (TPSA) is 54.0 Å². The zero-order chi connectivity index (χ0) is 19.8. The number of ether oxygens (including phenoxy) is 2. The summed E-state index contributed by atoms with van der Waals surface area (Å²) >= 11 is 0. The van der Waals surface area contributed by atoms with Gasteiger partial charge < -0.3 is 19.7 Å². The van der Waals surface area contributed by atoms with Crippen LogP contribution in [-0.4, -0.2) is 62.7 Å². The van der Waals surface area contributed by atoms with E-state index in [9.17, 15) is 4.79 Å². The third-order valence-corrected chi connectivity index (χ3v) is 5.03. The van der Waals surface area contributed by atoms with Crippen LogP contribution in [0.25, 0.3) is 0 Å². The molecule has 1 N–H and O–H groups in total. The molecule has 6 heteroatoms. The van der Waals surface area contributed by atoms with Gasteiger partial charge in [-0.05, 0) is 23.3 Å². The molecule has 0 aromatic heterocycles. The van der Waals surface area contributed by atoms with Crippen molar-refractivity contribution in [2.24, 2.45) is 0 Å². The van der Waals surface area contributed by atoms with Gasteiger partial charge in [-0.3, -0.25) is 9.69 Å². The smallest absolute Gasteiger partial charge is 0.236 e. The molecule has 150 valence electrons. The molecular weight excluding hydrogens is 354 g/mol. The molecule has 28 heavy (non-hydrogen) atoms. The molecule has 0 atom stereocenters. The van der Waals surface area contributed by atoms with Gasteiger partial charge in [0.15, 0.2) is 11.5 Å². The second kappa shape index (κ2) is 10.1. The lowest BCUT2D eigenvalue weighted by atomic mass is 10.2. The zero-order valence-corrected chi connectivity index (χ0v) is 16.7. The van der Waals surface area contributed by atoms with Crippen LogP contribution in [0.4, 0.5) is 0 Å². The SMILES string of the molecule is COc1ccc(CNCC(=O)N2CCN(Cc3ccccc3)CC2)cc1OC. The van der Waals surface area contributed by atoms with Crippen molar-refractivity contribution in [1.82, 2.24) is 15.1 Å². The fourth-order valence-electron chi connectivity index (χ4n) is 3.41. The van der Waals surface area contributed by atoms with Crippen LogP contribution in [0.15, 0.2) is 48.5 Å². The Morgan fingerprint density at radius 1 is 0.929 bits per heavy atom. The van der Waals surface area contributed by atoms with Crippen LogP contribution in [0.2, 0.25) is 0 Å². The molecule has 3 rings (SSSR count). The molecule has 2 aromatic carbocycles. The summed E-state index contributed by atoms with van der Waals surface area (Å²) in [5.74, 6) is 1.55. The highest BCUT2D eigenvalue weighted by molar-refractivity contribution is 5.78. The number of nitrogens with one attached hydrogen (secondary N) is 1. The molecular formula is C22H29N3O3. The number of methoxy groups -OCH3 is 2. The molecule has 1 heterocycles. The molecule has 0 saturated carbocycles. The van der Waals surface area contributed by atoms with Crippen LogP contribution < -0.4 is 14.8 Å². The molecule has 1 amide bonds. The molecule has 1 aliphatic rings. The number of hydrogen-bond acceptors (Lipinski definition) is 5. The van der Waals surface area contributed by atoms with Crippen LogP contribution in [-0.2, 0) is 17.9 Å².